The molecule has 5 nitrogen and oxygen atoms in total. The zero-order valence-electron chi connectivity index (χ0n) is 14.1. The third-order valence-corrected chi connectivity index (χ3v) is 4.29. The molecule has 2 aromatic rings. The van der Waals surface area contributed by atoms with Gasteiger partial charge in [-0.1, -0.05) is 12.1 Å². The minimum Gasteiger partial charge on any atom is -0.339 e. The number of nitrogens with zero attached hydrogens (tertiary/aromatic N) is 5. The smallest absolute Gasteiger partial charge is 0.339 e. The van der Waals surface area contributed by atoms with E-state index in [0.29, 0.717) is 25.2 Å². The van der Waals surface area contributed by atoms with Crippen LogP contribution in [0.3, 0.4) is 0 Å². The largest absolute Gasteiger partial charge is 0.433 e. The Morgan fingerprint density at radius 3 is 2.50 bits per heavy atom. The molecule has 0 atom stereocenters. The highest BCUT2D eigenvalue weighted by Gasteiger charge is 2.33. The maximum atomic E-state index is 12.8. The lowest BCUT2D eigenvalue weighted by Crippen LogP contribution is -2.31. The molecule has 0 saturated carbocycles. The van der Waals surface area contributed by atoms with Gasteiger partial charge in [0.1, 0.15) is 5.69 Å². The Labute approximate surface area is 149 Å². The average Bonchev–Trinajstić information content (AvgIpc) is 2.87. The van der Waals surface area contributed by atoms with E-state index in [9.17, 15) is 13.2 Å². The van der Waals surface area contributed by atoms with Crippen molar-refractivity contribution in [2.75, 3.05) is 31.1 Å². The Balaban J connectivity index is 1.64. The topological polar surface area (TPSA) is 56.1 Å². The molecule has 1 aliphatic heterocycles. The van der Waals surface area contributed by atoms with Crippen LogP contribution in [0.25, 0.3) is 0 Å². The summed E-state index contributed by atoms with van der Waals surface area (Å²) in [6, 6.07) is 10.4. The lowest BCUT2D eigenvalue weighted by Gasteiger charge is -2.22. The normalized spacial score (nSPS) is 16.2. The van der Waals surface area contributed by atoms with Crippen molar-refractivity contribution in [3.63, 3.8) is 0 Å². The predicted octanol–water partition coefficient (Wildman–Crippen LogP) is 3.08. The van der Waals surface area contributed by atoms with Crippen molar-refractivity contribution in [3.8, 4) is 6.07 Å². The van der Waals surface area contributed by atoms with Gasteiger partial charge in [0.25, 0.3) is 0 Å². The molecular formula is C18H18F3N5. The lowest BCUT2D eigenvalue weighted by atomic mass is 10.1. The van der Waals surface area contributed by atoms with Gasteiger partial charge in [0.15, 0.2) is 0 Å². The van der Waals surface area contributed by atoms with Crippen molar-refractivity contribution in [2.24, 2.45) is 0 Å². The van der Waals surface area contributed by atoms with Crippen molar-refractivity contribution in [1.82, 2.24) is 14.9 Å². The average molecular weight is 361 g/mol. The quantitative estimate of drug-likeness (QED) is 0.841. The zero-order chi connectivity index (χ0) is 18.6. The molecule has 3 rings (SSSR count). The SMILES string of the molecule is N#Cc1ccc(CN2CCCN(c3nccc(C(F)(F)F)n3)CC2)cc1. The van der Waals surface area contributed by atoms with Gasteiger partial charge in [-0.3, -0.25) is 4.90 Å². The van der Waals surface area contributed by atoms with Crippen molar-refractivity contribution < 1.29 is 13.2 Å². The fraction of sp³-hybridized carbons (Fsp3) is 0.389. The number of anilines is 1. The number of alkyl halides is 3. The van der Waals surface area contributed by atoms with E-state index in [2.05, 4.69) is 20.9 Å². The predicted molar refractivity (Wildman–Crippen MR) is 90.3 cm³/mol. The van der Waals surface area contributed by atoms with Gasteiger partial charge >= 0.3 is 6.18 Å². The summed E-state index contributed by atoms with van der Waals surface area (Å²) >= 11 is 0. The van der Waals surface area contributed by atoms with Gasteiger partial charge in [0, 0.05) is 38.9 Å². The standard InChI is InChI=1S/C18H18F3N5/c19-18(20,21)16-6-7-23-17(24-16)26-9-1-8-25(10-11-26)13-15-4-2-14(12-22)3-5-15/h2-7H,1,8-11,13H2. The Kier molecular flexibility index (Phi) is 5.38. The first-order valence-corrected chi connectivity index (χ1v) is 8.32. The Morgan fingerprint density at radius 2 is 1.81 bits per heavy atom. The molecule has 0 N–H and O–H groups in total. The van der Waals surface area contributed by atoms with Gasteiger partial charge in [-0.2, -0.15) is 18.4 Å². The lowest BCUT2D eigenvalue weighted by molar-refractivity contribution is -0.141. The molecule has 0 aliphatic carbocycles. The molecule has 1 fully saturated rings. The summed E-state index contributed by atoms with van der Waals surface area (Å²) in [7, 11) is 0. The number of aromatic nitrogens is 2. The zero-order valence-corrected chi connectivity index (χ0v) is 14.1. The molecule has 0 amide bonds. The number of halogens is 3. The minimum absolute atomic E-state index is 0.125. The molecular weight excluding hydrogens is 343 g/mol. The van der Waals surface area contributed by atoms with Crippen LogP contribution in [0.1, 0.15) is 23.2 Å². The van der Waals surface area contributed by atoms with E-state index in [1.54, 1.807) is 17.0 Å². The fourth-order valence-corrected chi connectivity index (χ4v) is 2.93. The summed E-state index contributed by atoms with van der Waals surface area (Å²) < 4.78 is 38.5. The first-order valence-electron chi connectivity index (χ1n) is 8.32. The third-order valence-electron chi connectivity index (χ3n) is 4.29. The summed E-state index contributed by atoms with van der Waals surface area (Å²) in [6.45, 7) is 3.47. The molecule has 26 heavy (non-hydrogen) atoms. The Hall–Kier alpha value is -2.66. The summed E-state index contributed by atoms with van der Waals surface area (Å²) in [5, 5.41) is 8.85. The maximum absolute atomic E-state index is 12.8. The summed E-state index contributed by atoms with van der Waals surface area (Å²) in [6.07, 6.45) is -2.49. The van der Waals surface area contributed by atoms with Gasteiger partial charge in [-0.25, -0.2) is 9.97 Å². The summed E-state index contributed by atoms with van der Waals surface area (Å²) in [5.74, 6) is 0.125. The second kappa shape index (κ2) is 7.70. The Bertz CT molecular complexity index is 783. The van der Waals surface area contributed by atoms with Crippen LogP contribution in [0.4, 0.5) is 19.1 Å². The molecule has 0 radical (unpaired) electrons. The number of rotatable bonds is 3. The van der Waals surface area contributed by atoms with Crippen LogP contribution < -0.4 is 4.90 Å². The second-order valence-corrected chi connectivity index (χ2v) is 6.17. The highest BCUT2D eigenvalue weighted by molar-refractivity contribution is 5.32. The van der Waals surface area contributed by atoms with E-state index in [4.69, 9.17) is 5.26 Å². The summed E-state index contributed by atoms with van der Waals surface area (Å²) in [5.41, 5.74) is 0.812. The van der Waals surface area contributed by atoms with E-state index >= 15 is 0 Å². The van der Waals surface area contributed by atoms with Crippen molar-refractivity contribution in [1.29, 1.82) is 5.26 Å². The molecule has 0 bridgehead atoms. The highest BCUT2D eigenvalue weighted by Crippen LogP contribution is 2.28. The van der Waals surface area contributed by atoms with Crippen molar-refractivity contribution in [3.05, 3.63) is 53.3 Å². The fourth-order valence-electron chi connectivity index (χ4n) is 2.93. The van der Waals surface area contributed by atoms with E-state index in [1.165, 1.54) is 0 Å². The van der Waals surface area contributed by atoms with Crippen molar-refractivity contribution in [2.45, 2.75) is 19.1 Å². The monoisotopic (exact) mass is 361 g/mol. The van der Waals surface area contributed by atoms with Crippen LogP contribution in [-0.4, -0.2) is 41.0 Å². The van der Waals surface area contributed by atoms with E-state index in [-0.39, 0.29) is 5.95 Å². The van der Waals surface area contributed by atoms with Crippen LogP contribution >= 0.6 is 0 Å². The van der Waals surface area contributed by atoms with E-state index < -0.39 is 11.9 Å². The van der Waals surface area contributed by atoms with Crippen LogP contribution in [0.5, 0.6) is 0 Å². The van der Waals surface area contributed by atoms with Crippen LogP contribution in [0.2, 0.25) is 0 Å². The molecule has 0 unspecified atom stereocenters. The molecule has 1 aromatic carbocycles. The van der Waals surface area contributed by atoms with Crippen LogP contribution in [-0.2, 0) is 12.7 Å². The molecule has 1 aromatic heterocycles. The number of hydrogen-bond acceptors (Lipinski definition) is 5. The number of nitriles is 1. The first-order chi connectivity index (χ1) is 12.5. The molecule has 0 spiro atoms. The van der Waals surface area contributed by atoms with Crippen LogP contribution in [0.15, 0.2) is 36.5 Å². The first kappa shape index (κ1) is 18.1. The minimum atomic E-state index is -4.47. The Morgan fingerprint density at radius 1 is 1.04 bits per heavy atom. The number of benzene rings is 1. The van der Waals surface area contributed by atoms with E-state index in [0.717, 1.165) is 37.3 Å². The third kappa shape index (κ3) is 4.49. The van der Waals surface area contributed by atoms with Gasteiger partial charge in [-0.15, -0.1) is 0 Å². The van der Waals surface area contributed by atoms with Gasteiger partial charge in [0.05, 0.1) is 11.6 Å². The number of hydrogen-bond donors (Lipinski definition) is 0. The molecule has 136 valence electrons. The molecule has 2 heterocycles. The maximum Gasteiger partial charge on any atom is 0.433 e. The molecule has 8 heteroatoms. The van der Waals surface area contributed by atoms with Gasteiger partial charge in [-0.05, 0) is 30.2 Å². The van der Waals surface area contributed by atoms with Crippen LogP contribution in [0, 0.1) is 11.3 Å². The van der Waals surface area contributed by atoms with Crippen molar-refractivity contribution >= 4 is 5.95 Å². The van der Waals surface area contributed by atoms with Gasteiger partial charge < -0.3 is 4.90 Å². The highest BCUT2D eigenvalue weighted by atomic mass is 19.4. The van der Waals surface area contributed by atoms with Gasteiger partial charge in [0.2, 0.25) is 5.95 Å². The second-order valence-electron chi connectivity index (χ2n) is 6.17. The summed E-state index contributed by atoms with van der Waals surface area (Å²) in [4.78, 5) is 11.7. The molecule has 1 aliphatic rings. The van der Waals surface area contributed by atoms with E-state index in [1.807, 2.05) is 12.1 Å². The molecule has 1 saturated heterocycles.